The summed E-state index contributed by atoms with van der Waals surface area (Å²) >= 11 is 0. The molecule has 0 aliphatic heterocycles. The molecule has 0 saturated carbocycles. The third-order valence-electron chi connectivity index (χ3n) is 3.35. The monoisotopic (exact) mass is 327 g/mol. The summed E-state index contributed by atoms with van der Waals surface area (Å²) in [5.74, 6) is -0.0460. The molecule has 0 unspecified atom stereocenters. The first-order valence-electron chi connectivity index (χ1n) is 7.18. The quantitative estimate of drug-likeness (QED) is 0.783. The zero-order valence-corrected chi connectivity index (χ0v) is 13.5. The molecule has 6 heteroatoms. The Morgan fingerprint density at radius 1 is 1.09 bits per heavy atom. The lowest BCUT2D eigenvalue weighted by Gasteiger charge is -2.09. The first-order valence-corrected chi connectivity index (χ1v) is 8.83. The Morgan fingerprint density at radius 2 is 1.87 bits per heavy atom. The van der Waals surface area contributed by atoms with Gasteiger partial charge in [-0.2, -0.15) is 5.10 Å². The van der Waals surface area contributed by atoms with E-state index in [4.69, 9.17) is 0 Å². The van der Waals surface area contributed by atoms with Gasteiger partial charge >= 0.3 is 0 Å². The highest BCUT2D eigenvalue weighted by Crippen LogP contribution is 2.16. The first-order chi connectivity index (χ1) is 11.0. The Kier molecular flexibility index (Phi) is 4.16. The molecule has 3 rings (SSSR count). The predicted octanol–water partition coefficient (Wildman–Crippen LogP) is 3.12. The van der Waals surface area contributed by atoms with E-state index in [0.717, 1.165) is 16.8 Å². The third kappa shape index (κ3) is 3.98. The van der Waals surface area contributed by atoms with Gasteiger partial charge in [-0.05, 0) is 42.8 Å². The summed E-state index contributed by atoms with van der Waals surface area (Å²) in [6.07, 6.45) is 3.52. The summed E-state index contributed by atoms with van der Waals surface area (Å²) in [7, 11) is -3.44. The number of nitrogens with one attached hydrogen (secondary N) is 1. The van der Waals surface area contributed by atoms with Crippen molar-refractivity contribution in [2.45, 2.75) is 12.7 Å². The van der Waals surface area contributed by atoms with Gasteiger partial charge in [0.2, 0.25) is 10.0 Å². The number of hydrogen-bond acceptors (Lipinski definition) is 3. The molecular weight excluding hydrogens is 310 g/mol. The molecule has 0 aliphatic carbocycles. The van der Waals surface area contributed by atoms with Crippen LogP contribution < -0.4 is 4.72 Å². The standard InChI is InChI=1S/C17H17N3O2S/c1-14-4-2-5-15(12-14)13-23(21,22)19-16-6-8-17(9-7-16)20-11-3-10-18-20/h2-12,19H,13H2,1H3. The van der Waals surface area contributed by atoms with Crippen LogP contribution in [0.15, 0.2) is 67.0 Å². The van der Waals surface area contributed by atoms with E-state index in [1.54, 1.807) is 23.0 Å². The van der Waals surface area contributed by atoms with Gasteiger partial charge in [0.25, 0.3) is 0 Å². The van der Waals surface area contributed by atoms with Crippen molar-refractivity contribution in [1.82, 2.24) is 9.78 Å². The zero-order chi connectivity index (χ0) is 16.3. The number of nitrogens with zero attached hydrogens (tertiary/aromatic N) is 2. The molecule has 0 spiro atoms. The molecule has 1 aromatic heterocycles. The van der Waals surface area contributed by atoms with Crippen molar-refractivity contribution < 1.29 is 8.42 Å². The fraction of sp³-hybridized carbons (Fsp3) is 0.118. The van der Waals surface area contributed by atoms with Gasteiger partial charge in [-0.1, -0.05) is 29.8 Å². The summed E-state index contributed by atoms with van der Waals surface area (Å²) in [5.41, 5.74) is 3.22. The van der Waals surface area contributed by atoms with Crippen LogP contribution in [0.4, 0.5) is 5.69 Å². The minimum absolute atomic E-state index is 0.0460. The molecule has 0 bridgehead atoms. The number of benzene rings is 2. The number of hydrogen-bond donors (Lipinski definition) is 1. The Balaban J connectivity index is 1.73. The number of aromatic nitrogens is 2. The molecule has 118 valence electrons. The third-order valence-corrected chi connectivity index (χ3v) is 4.61. The van der Waals surface area contributed by atoms with Crippen molar-refractivity contribution in [3.8, 4) is 5.69 Å². The Bertz CT molecular complexity index is 886. The molecule has 0 fully saturated rings. The van der Waals surface area contributed by atoms with Gasteiger partial charge in [0.15, 0.2) is 0 Å². The Morgan fingerprint density at radius 3 is 2.52 bits per heavy atom. The van der Waals surface area contributed by atoms with Gasteiger partial charge in [0.05, 0.1) is 11.4 Å². The van der Waals surface area contributed by atoms with Crippen molar-refractivity contribution in [2.24, 2.45) is 0 Å². The molecule has 3 aromatic rings. The van der Waals surface area contributed by atoms with Crippen LogP contribution in [0.3, 0.4) is 0 Å². The van der Waals surface area contributed by atoms with E-state index < -0.39 is 10.0 Å². The van der Waals surface area contributed by atoms with Crippen LogP contribution >= 0.6 is 0 Å². The van der Waals surface area contributed by atoms with E-state index >= 15 is 0 Å². The van der Waals surface area contributed by atoms with Gasteiger partial charge in [-0.3, -0.25) is 4.72 Å². The first kappa shape index (κ1) is 15.3. The van der Waals surface area contributed by atoms with E-state index in [1.165, 1.54) is 0 Å². The van der Waals surface area contributed by atoms with Gasteiger partial charge in [-0.15, -0.1) is 0 Å². The minimum Gasteiger partial charge on any atom is -0.283 e. The fourth-order valence-electron chi connectivity index (χ4n) is 2.34. The summed E-state index contributed by atoms with van der Waals surface area (Å²) < 4.78 is 28.8. The summed E-state index contributed by atoms with van der Waals surface area (Å²) in [4.78, 5) is 0. The molecule has 1 N–H and O–H groups in total. The van der Waals surface area contributed by atoms with E-state index in [0.29, 0.717) is 5.69 Å². The van der Waals surface area contributed by atoms with Crippen LogP contribution in [0.1, 0.15) is 11.1 Å². The molecule has 2 aromatic carbocycles. The van der Waals surface area contributed by atoms with Crippen molar-refractivity contribution >= 4 is 15.7 Å². The lowest BCUT2D eigenvalue weighted by Crippen LogP contribution is -2.15. The maximum atomic E-state index is 12.3. The predicted molar refractivity (Wildman–Crippen MR) is 91.0 cm³/mol. The van der Waals surface area contributed by atoms with Crippen molar-refractivity contribution in [3.05, 3.63) is 78.1 Å². The van der Waals surface area contributed by atoms with E-state index in [2.05, 4.69) is 9.82 Å². The van der Waals surface area contributed by atoms with Gasteiger partial charge in [-0.25, -0.2) is 13.1 Å². The van der Waals surface area contributed by atoms with Crippen LogP contribution in [0.2, 0.25) is 0 Å². The fourth-order valence-corrected chi connectivity index (χ4v) is 3.53. The van der Waals surface area contributed by atoms with Crippen LogP contribution in [0.5, 0.6) is 0 Å². The number of sulfonamides is 1. The Labute approximate surface area is 135 Å². The molecule has 0 radical (unpaired) electrons. The maximum Gasteiger partial charge on any atom is 0.236 e. The second kappa shape index (κ2) is 6.26. The summed E-state index contributed by atoms with van der Waals surface area (Å²) in [6.45, 7) is 1.94. The molecule has 23 heavy (non-hydrogen) atoms. The largest absolute Gasteiger partial charge is 0.283 e. The smallest absolute Gasteiger partial charge is 0.236 e. The average Bonchev–Trinajstić information content (AvgIpc) is 3.01. The van der Waals surface area contributed by atoms with E-state index in [9.17, 15) is 8.42 Å². The summed E-state index contributed by atoms with van der Waals surface area (Å²) in [5, 5.41) is 4.13. The molecule has 0 saturated heterocycles. The molecule has 0 aliphatic rings. The van der Waals surface area contributed by atoms with Gasteiger partial charge < -0.3 is 0 Å². The molecule has 5 nitrogen and oxygen atoms in total. The van der Waals surface area contributed by atoms with Crippen molar-refractivity contribution in [3.63, 3.8) is 0 Å². The number of aryl methyl sites for hydroxylation is 1. The topological polar surface area (TPSA) is 64.0 Å². The average molecular weight is 327 g/mol. The highest BCUT2D eigenvalue weighted by molar-refractivity contribution is 7.91. The molecular formula is C17H17N3O2S. The normalized spacial score (nSPS) is 11.3. The Hall–Kier alpha value is -2.60. The van der Waals surface area contributed by atoms with Gasteiger partial charge in [0, 0.05) is 18.1 Å². The number of anilines is 1. The van der Waals surface area contributed by atoms with Gasteiger partial charge in [0.1, 0.15) is 0 Å². The molecule has 1 heterocycles. The molecule has 0 amide bonds. The second-order valence-electron chi connectivity index (χ2n) is 5.35. The van der Waals surface area contributed by atoms with Crippen LogP contribution in [0, 0.1) is 6.92 Å². The highest BCUT2D eigenvalue weighted by Gasteiger charge is 2.12. The highest BCUT2D eigenvalue weighted by atomic mass is 32.2. The lowest BCUT2D eigenvalue weighted by molar-refractivity contribution is 0.600. The van der Waals surface area contributed by atoms with Crippen LogP contribution in [-0.2, 0) is 15.8 Å². The SMILES string of the molecule is Cc1cccc(CS(=O)(=O)Nc2ccc(-n3cccn3)cc2)c1. The van der Waals surface area contributed by atoms with Crippen molar-refractivity contribution in [1.29, 1.82) is 0 Å². The van der Waals surface area contributed by atoms with E-state index in [-0.39, 0.29) is 5.75 Å². The molecule has 0 atom stereocenters. The maximum absolute atomic E-state index is 12.3. The number of rotatable bonds is 5. The lowest BCUT2D eigenvalue weighted by atomic mass is 10.2. The van der Waals surface area contributed by atoms with E-state index in [1.807, 2.05) is 55.6 Å². The second-order valence-corrected chi connectivity index (χ2v) is 7.07. The van der Waals surface area contributed by atoms with Crippen LogP contribution in [0.25, 0.3) is 5.69 Å². The van der Waals surface area contributed by atoms with Crippen LogP contribution in [-0.4, -0.2) is 18.2 Å². The zero-order valence-electron chi connectivity index (χ0n) is 12.7. The minimum atomic E-state index is -3.44. The summed E-state index contributed by atoms with van der Waals surface area (Å²) in [6, 6.07) is 16.4. The van der Waals surface area contributed by atoms with Crippen molar-refractivity contribution in [2.75, 3.05) is 4.72 Å².